The van der Waals surface area contributed by atoms with Crippen molar-refractivity contribution in [1.29, 1.82) is 5.26 Å². The van der Waals surface area contributed by atoms with Crippen molar-refractivity contribution >= 4 is 23.6 Å². The van der Waals surface area contributed by atoms with Gasteiger partial charge in [0.15, 0.2) is 0 Å². The zero-order chi connectivity index (χ0) is 18.0. The molecule has 2 aromatic rings. The summed E-state index contributed by atoms with van der Waals surface area (Å²) in [6.45, 7) is 2.13. The number of carboxylic acid groups (broad SMARTS) is 1. The molecule has 1 N–H and O–H groups in total. The van der Waals surface area contributed by atoms with E-state index in [2.05, 4.69) is 12.2 Å². The molecule has 2 atom stereocenters. The van der Waals surface area contributed by atoms with Gasteiger partial charge in [0.2, 0.25) is 0 Å². The average molecular weight is 335 g/mol. The Morgan fingerprint density at radius 3 is 2.68 bits per heavy atom. The molecule has 1 aliphatic carbocycles. The number of benzene rings is 1. The van der Waals surface area contributed by atoms with E-state index in [4.69, 9.17) is 4.42 Å². The monoisotopic (exact) mass is 335 g/mol. The van der Waals surface area contributed by atoms with Gasteiger partial charge < -0.3 is 19.6 Å². The molecule has 0 unspecified atom stereocenters. The number of carbonyl (C=O) groups excluding carboxylic acids is 2. The molecule has 3 rings (SSSR count). The van der Waals surface area contributed by atoms with Crippen molar-refractivity contribution in [3.63, 3.8) is 0 Å². The average Bonchev–Trinajstić information content (AvgIpc) is 3.14. The second kappa shape index (κ2) is 6.65. The van der Waals surface area contributed by atoms with E-state index in [9.17, 15) is 20.0 Å². The SMILES string of the molecule is C[C@H]1C[C@H]1c1ccc(/C=C(\C#N)C(=O)Nc2ccccc2C(=O)[O-])o1. The lowest BCUT2D eigenvalue weighted by Gasteiger charge is -2.10. The van der Waals surface area contributed by atoms with E-state index in [1.165, 1.54) is 24.3 Å². The number of nitrogens with one attached hydrogen (secondary N) is 1. The highest BCUT2D eigenvalue weighted by Gasteiger charge is 2.36. The van der Waals surface area contributed by atoms with Gasteiger partial charge in [-0.2, -0.15) is 5.26 Å². The van der Waals surface area contributed by atoms with Gasteiger partial charge in [0, 0.05) is 17.6 Å². The molecule has 1 heterocycles. The minimum atomic E-state index is -1.41. The Labute approximate surface area is 144 Å². The van der Waals surface area contributed by atoms with E-state index >= 15 is 0 Å². The van der Waals surface area contributed by atoms with Gasteiger partial charge in [0.25, 0.3) is 5.91 Å². The molecule has 1 amide bonds. The summed E-state index contributed by atoms with van der Waals surface area (Å²) < 4.78 is 5.66. The lowest BCUT2D eigenvalue weighted by atomic mass is 10.1. The van der Waals surface area contributed by atoms with E-state index in [1.807, 2.05) is 12.1 Å². The summed E-state index contributed by atoms with van der Waals surface area (Å²) in [7, 11) is 0. The number of carbonyl (C=O) groups is 2. The fraction of sp³-hybridized carbons (Fsp3) is 0.211. The minimum absolute atomic E-state index is 0.0700. The summed E-state index contributed by atoms with van der Waals surface area (Å²) in [5.74, 6) is 0.119. The maximum Gasteiger partial charge on any atom is 0.266 e. The van der Waals surface area contributed by atoms with Crippen molar-refractivity contribution in [2.45, 2.75) is 19.3 Å². The van der Waals surface area contributed by atoms with Crippen LogP contribution in [-0.2, 0) is 4.79 Å². The number of rotatable bonds is 5. The number of hydrogen-bond acceptors (Lipinski definition) is 5. The number of nitriles is 1. The first-order chi connectivity index (χ1) is 12.0. The largest absolute Gasteiger partial charge is 0.545 e. The van der Waals surface area contributed by atoms with Crippen LogP contribution >= 0.6 is 0 Å². The normalized spacial score (nSPS) is 19.1. The Morgan fingerprint density at radius 1 is 1.32 bits per heavy atom. The van der Waals surface area contributed by atoms with Crippen LogP contribution in [0.2, 0.25) is 0 Å². The molecule has 25 heavy (non-hydrogen) atoms. The minimum Gasteiger partial charge on any atom is -0.545 e. The Bertz CT molecular complexity index is 904. The van der Waals surface area contributed by atoms with Gasteiger partial charge in [-0.15, -0.1) is 0 Å². The molecule has 1 aliphatic rings. The molecule has 0 aliphatic heterocycles. The lowest BCUT2D eigenvalue weighted by Crippen LogP contribution is -2.25. The van der Waals surface area contributed by atoms with Gasteiger partial charge in [-0.1, -0.05) is 25.1 Å². The van der Waals surface area contributed by atoms with Crippen molar-refractivity contribution in [3.05, 3.63) is 59.1 Å². The number of carboxylic acids is 1. The van der Waals surface area contributed by atoms with Crippen LogP contribution in [0.25, 0.3) is 6.08 Å². The molecular weight excluding hydrogens is 320 g/mol. The quantitative estimate of drug-likeness (QED) is 0.666. The van der Waals surface area contributed by atoms with Gasteiger partial charge in [-0.25, -0.2) is 0 Å². The smallest absolute Gasteiger partial charge is 0.266 e. The van der Waals surface area contributed by atoms with Crippen molar-refractivity contribution in [2.75, 3.05) is 5.32 Å². The predicted octanol–water partition coefficient (Wildman–Crippen LogP) is 2.31. The van der Waals surface area contributed by atoms with Gasteiger partial charge >= 0.3 is 0 Å². The molecular formula is C19H15N2O4-. The second-order valence-corrected chi connectivity index (χ2v) is 6.02. The fourth-order valence-electron chi connectivity index (χ4n) is 2.61. The van der Waals surface area contributed by atoms with Crippen molar-refractivity contribution < 1.29 is 19.1 Å². The van der Waals surface area contributed by atoms with E-state index in [-0.39, 0.29) is 16.8 Å². The Morgan fingerprint density at radius 2 is 2.04 bits per heavy atom. The molecule has 6 heteroatoms. The molecule has 0 radical (unpaired) electrons. The second-order valence-electron chi connectivity index (χ2n) is 6.02. The van der Waals surface area contributed by atoms with Crippen LogP contribution in [0.1, 0.15) is 41.1 Å². The van der Waals surface area contributed by atoms with Crippen LogP contribution in [-0.4, -0.2) is 11.9 Å². The predicted molar refractivity (Wildman–Crippen MR) is 88.2 cm³/mol. The van der Waals surface area contributed by atoms with Crippen LogP contribution in [0.15, 0.2) is 46.4 Å². The number of furan rings is 1. The number of anilines is 1. The summed E-state index contributed by atoms with van der Waals surface area (Å²) >= 11 is 0. The molecule has 0 bridgehead atoms. The maximum absolute atomic E-state index is 12.3. The summed E-state index contributed by atoms with van der Waals surface area (Å²) in [5.41, 5.74) is -0.269. The van der Waals surface area contributed by atoms with Crippen molar-refractivity contribution in [3.8, 4) is 6.07 Å². The highest BCUT2D eigenvalue weighted by Crippen LogP contribution is 2.47. The first-order valence-corrected chi connectivity index (χ1v) is 7.83. The van der Waals surface area contributed by atoms with E-state index in [1.54, 1.807) is 12.1 Å². The molecule has 1 fully saturated rings. The number of hydrogen-bond donors (Lipinski definition) is 1. The van der Waals surface area contributed by atoms with E-state index in [0.29, 0.717) is 17.6 Å². The Kier molecular flexibility index (Phi) is 4.40. The standard InChI is InChI=1S/C19H16N2O4/c1-11-8-15(11)17-7-6-13(25-17)9-12(10-20)18(22)21-16-5-3-2-4-14(16)19(23)24/h2-7,9,11,15H,8H2,1H3,(H,21,22)(H,23,24)/p-1/b12-9+/t11-,15+/m0/s1. The van der Waals surface area contributed by atoms with E-state index in [0.717, 1.165) is 12.2 Å². The molecule has 1 saturated carbocycles. The summed E-state index contributed by atoms with van der Waals surface area (Å²) in [6, 6.07) is 11.2. The van der Waals surface area contributed by atoms with Crippen LogP contribution < -0.4 is 10.4 Å². The number of nitrogens with zero attached hydrogens (tertiary/aromatic N) is 1. The Balaban J connectivity index is 1.79. The molecule has 126 valence electrons. The topological polar surface area (TPSA) is 106 Å². The number of amides is 1. The Hall–Kier alpha value is -3.33. The molecule has 0 spiro atoms. The maximum atomic E-state index is 12.3. The molecule has 1 aromatic carbocycles. The zero-order valence-corrected chi connectivity index (χ0v) is 13.5. The first kappa shape index (κ1) is 16.5. The van der Waals surface area contributed by atoms with Gasteiger partial charge in [0.05, 0.1) is 11.7 Å². The third-order valence-corrected chi connectivity index (χ3v) is 4.17. The van der Waals surface area contributed by atoms with Gasteiger partial charge in [-0.3, -0.25) is 4.79 Å². The summed E-state index contributed by atoms with van der Waals surface area (Å²) in [6.07, 6.45) is 2.41. The van der Waals surface area contributed by atoms with Crippen molar-refractivity contribution in [1.82, 2.24) is 0 Å². The fourth-order valence-corrected chi connectivity index (χ4v) is 2.61. The molecule has 0 saturated heterocycles. The van der Waals surface area contributed by atoms with Crippen LogP contribution in [0.4, 0.5) is 5.69 Å². The van der Waals surface area contributed by atoms with Crippen LogP contribution in [0.3, 0.4) is 0 Å². The lowest BCUT2D eigenvalue weighted by molar-refractivity contribution is -0.254. The highest BCUT2D eigenvalue weighted by atomic mass is 16.4. The zero-order valence-electron chi connectivity index (χ0n) is 13.5. The van der Waals surface area contributed by atoms with Gasteiger partial charge in [-0.05, 0) is 30.5 Å². The summed E-state index contributed by atoms with van der Waals surface area (Å²) in [5, 5.41) is 22.7. The number of aromatic carboxylic acids is 1. The molecule has 6 nitrogen and oxygen atoms in total. The number of para-hydroxylation sites is 1. The van der Waals surface area contributed by atoms with Crippen LogP contribution in [0.5, 0.6) is 0 Å². The van der Waals surface area contributed by atoms with Crippen molar-refractivity contribution in [2.24, 2.45) is 5.92 Å². The van der Waals surface area contributed by atoms with Crippen LogP contribution in [0, 0.1) is 17.2 Å². The third-order valence-electron chi connectivity index (χ3n) is 4.17. The first-order valence-electron chi connectivity index (χ1n) is 7.83. The van der Waals surface area contributed by atoms with Gasteiger partial charge in [0.1, 0.15) is 23.2 Å². The third kappa shape index (κ3) is 3.61. The highest BCUT2D eigenvalue weighted by molar-refractivity contribution is 6.11. The van der Waals surface area contributed by atoms with E-state index < -0.39 is 11.9 Å². The summed E-state index contributed by atoms with van der Waals surface area (Å²) in [4.78, 5) is 23.3. The molecule has 1 aromatic heterocycles.